The molecule has 3 aromatic heterocycles. The minimum Gasteiger partial charge on any atom is -0.507 e. The summed E-state index contributed by atoms with van der Waals surface area (Å²) in [4.78, 5) is 31.0. The molecule has 6 rings (SSSR count). The molecule has 3 heterocycles. The molecule has 0 atom stereocenters. The smallest absolute Gasteiger partial charge is 0.344 e. The molecule has 0 bridgehead atoms. The molecule has 0 aliphatic carbocycles. The summed E-state index contributed by atoms with van der Waals surface area (Å²) in [6.45, 7) is 0. The molecule has 0 aliphatic heterocycles. The van der Waals surface area contributed by atoms with Crippen molar-refractivity contribution >= 4 is 32.8 Å². The first-order valence-corrected chi connectivity index (χ1v) is 11.1. The first-order valence-electron chi connectivity index (χ1n) is 11.1. The Morgan fingerprint density at radius 3 is 1.81 bits per heavy atom. The fourth-order valence-electron chi connectivity index (χ4n) is 4.54. The summed E-state index contributed by atoms with van der Waals surface area (Å²) in [5.41, 5.74) is -2.64. The molecule has 7 nitrogen and oxygen atoms in total. The highest BCUT2D eigenvalue weighted by molar-refractivity contribution is 5.87. The van der Waals surface area contributed by atoms with Crippen molar-refractivity contribution in [1.29, 1.82) is 0 Å². The Balaban J connectivity index is 1.75. The minimum absolute atomic E-state index is 0.0791. The molecule has 37 heavy (non-hydrogen) atoms. The molecule has 0 aliphatic rings. The summed E-state index contributed by atoms with van der Waals surface area (Å²) in [6, 6.07) is 16.7. The van der Waals surface area contributed by atoms with Crippen molar-refractivity contribution in [3.63, 3.8) is 0 Å². The summed E-state index contributed by atoms with van der Waals surface area (Å²) in [5, 5.41) is 22.8. The largest absolute Gasteiger partial charge is 0.507 e. The van der Waals surface area contributed by atoms with Crippen LogP contribution in [-0.2, 0) is 0 Å². The van der Waals surface area contributed by atoms with Crippen LogP contribution in [0.1, 0.15) is 22.7 Å². The van der Waals surface area contributed by atoms with Gasteiger partial charge >= 0.3 is 11.3 Å². The lowest BCUT2D eigenvalue weighted by molar-refractivity contribution is 0.440. The average Bonchev–Trinajstić information content (AvgIpc) is 2.88. The minimum atomic E-state index is -1.52. The standard InChI is InChI=1S/C28H15F2NO6/c29-14-6-9-20-16(11-14)25(32)23(27(34)36-20)22(19-8-5-13-3-1-2-4-18(13)31-19)24-26(33)17-12-15(30)7-10-21(17)37-28(24)35/h1-12,22,32-33H. The molecule has 0 spiro atoms. The molecule has 0 unspecified atom stereocenters. The molecular weight excluding hydrogens is 484 g/mol. The molecule has 0 amide bonds. The van der Waals surface area contributed by atoms with Crippen molar-refractivity contribution in [2.45, 2.75) is 5.92 Å². The van der Waals surface area contributed by atoms with E-state index >= 15 is 0 Å². The monoisotopic (exact) mass is 499 g/mol. The van der Waals surface area contributed by atoms with E-state index in [9.17, 15) is 28.6 Å². The Labute approximate surface area is 205 Å². The summed E-state index contributed by atoms with van der Waals surface area (Å²) in [5.74, 6) is -4.25. The van der Waals surface area contributed by atoms with Gasteiger partial charge in [-0.25, -0.2) is 18.4 Å². The normalized spacial score (nSPS) is 11.6. The lowest BCUT2D eigenvalue weighted by Crippen LogP contribution is -2.22. The third kappa shape index (κ3) is 3.59. The van der Waals surface area contributed by atoms with Crippen LogP contribution in [0.25, 0.3) is 32.8 Å². The van der Waals surface area contributed by atoms with Crippen LogP contribution in [0.5, 0.6) is 11.5 Å². The molecule has 6 aromatic rings. The molecule has 2 N–H and O–H groups in total. The van der Waals surface area contributed by atoms with Crippen molar-refractivity contribution < 1.29 is 27.8 Å². The Morgan fingerprint density at radius 2 is 1.24 bits per heavy atom. The van der Waals surface area contributed by atoms with Gasteiger partial charge in [-0.2, -0.15) is 0 Å². The lowest BCUT2D eigenvalue weighted by Gasteiger charge is -2.19. The number of pyridine rings is 1. The topological polar surface area (TPSA) is 114 Å². The first-order chi connectivity index (χ1) is 17.8. The van der Waals surface area contributed by atoms with Crippen LogP contribution >= 0.6 is 0 Å². The van der Waals surface area contributed by atoms with E-state index in [1.165, 1.54) is 18.2 Å². The van der Waals surface area contributed by atoms with Gasteiger partial charge in [0.1, 0.15) is 34.3 Å². The number of hydrogen-bond donors (Lipinski definition) is 2. The van der Waals surface area contributed by atoms with Gasteiger partial charge in [0, 0.05) is 5.39 Å². The molecule has 0 saturated carbocycles. The maximum absolute atomic E-state index is 14.0. The maximum Gasteiger partial charge on any atom is 0.344 e. The van der Waals surface area contributed by atoms with Crippen LogP contribution in [0.2, 0.25) is 0 Å². The van der Waals surface area contributed by atoms with Gasteiger partial charge in [-0.1, -0.05) is 24.3 Å². The van der Waals surface area contributed by atoms with E-state index in [2.05, 4.69) is 4.98 Å². The van der Waals surface area contributed by atoms with Gasteiger partial charge in [-0.3, -0.25) is 4.98 Å². The number of aromatic nitrogens is 1. The van der Waals surface area contributed by atoms with Crippen LogP contribution in [0.4, 0.5) is 8.78 Å². The number of hydrogen-bond acceptors (Lipinski definition) is 7. The van der Waals surface area contributed by atoms with Gasteiger partial charge in [0.15, 0.2) is 0 Å². The number of nitrogens with zero attached hydrogens (tertiary/aromatic N) is 1. The number of para-hydroxylation sites is 1. The zero-order chi connectivity index (χ0) is 25.8. The average molecular weight is 499 g/mol. The molecular formula is C28H15F2NO6. The predicted octanol–water partition coefficient (Wildman–Crippen LogP) is 5.32. The highest BCUT2D eigenvalue weighted by Crippen LogP contribution is 2.41. The SMILES string of the molecule is O=c1oc2ccc(F)cc2c(O)c1C(c1ccc2ccccc2n1)c1c(O)c2cc(F)ccc2oc1=O. The molecule has 3 aromatic carbocycles. The van der Waals surface area contributed by atoms with Gasteiger partial charge < -0.3 is 19.0 Å². The maximum atomic E-state index is 14.0. The highest BCUT2D eigenvalue weighted by Gasteiger charge is 2.33. The Kier molecular flexibility index (Phi) is 5.01. The first kappa shape index (κ1) is 22.4. The fourth-order valence-corrected chi connectivity index (χ4v) is 4.54. The summed E-state index contributed by atoms with van der Waals surface area (Å²) in [6.07, 6.45) is 0. The number of halogens is 2. The number of fused-ring (bicyclic) bond motifs is 3. The van der Waals surface area contributed by atoms with E-state index in [4.69, 9.17) is 8.83 Å². The lowest BCUT2D eigenvalue weighted by atomic mass is 9.87. The Morgan fingerprint density at radius 1 is 0.703 bits per heavy atom. The molecule has 182 valence electrons. The van der Waals surface area contributed by atoms with Crippen molar-refractivity contribution in [3.8, 4) is 11.5 Å². The second-order valence-corrected chi connectivity index (χ2v) is 8.45. The van der Waals surface area contributed by atoms with Crippen LogP contribution in [-0.4, -0.2) is 15.2 Å². The molecule has 9 heteroatoms. The van der Waals surface area contributed by atoms with Crippen LogP contribution in [0.3, 0.4) is 0 Å². The second-order valence-electron chi connectivity index (χ2n) is 8.45. The molecule has 0 fully saturated rings. The van der Waals surface area contributed by atoms with Crippen molar-refractivity contribution in [3.05, 3.63) is 122 Å². The summed E-state index contributed by atoms with van der Waals surface area (Å²) < 4.78 is 38.7. The Hall–Kier alpha value is -5.05. The van der Waals surface area contributed by atoms with E-state index in [0.29, 0.717) is 5.52 Å². The second kappa shape index (κ2) is 8.27. The van der Waals surface area contributed by atoms with Crippen LogP contribution in [0.15, 0.2) is 91.2 Å². The van der Waals surface area contributed by atoms with Crippen LogP contribution < -0.4 is 11.3 Å². The zero-order valence-electron chi connectivity index (χ0n) is 18.7. The quantitative estimate of drug-likeness (QED) is 0.317. The number of benzene rings is 3. The van der Waals surface area contributed by atoms with Gasteiger partial charge in [0.05, 0.1) is 39.0 Å². The van der Waals surface area contributed by atoms with Gasteiger partial charge in [-0.15, -0.1) is 0 Å². The number of aromatic hydroxyl groups is 2. The van der Waals surface area contributed by atoms with Crippen molar-refractivity contribution in [2.75, 3.05) is 0 Å². The van der Waals surface area contributed by atoms with E-state index in [1.54, 1.807) is 30.3 Å². The zero-order valence-corrected chi connectivity index (χ0v) is 18.7. The van der Waals surface area contributed by atoms with Crippen LogP contribution in [0, 0.1) is 11.6 Å². The van der Waals surface area contributed by atoms with E-state index in [1.807, 2.05) is 0 Å². The van der Waals surface area contributed by atoms with Crippen molar-refractivity contribution in [1.82, 2.24) is 4.98 Å². The van der Waals surface area contributed by atoms with E-state index < -0.39 is 51.4 Å². The summed E-state index contributed by atoms with van der Waals surface area (Å²) in [7, 11) is 0. The van der Waals surface area contributed by atoms with Gasteiger partial charge in [0.25, 0.3) is 0 Å². The number of rotatable bonds is 3. The fraction of sp³-hybridized carbons (Fsp3) is 0.0357. The van der Waals surface area contributed by atoms with E-state index in [-0.39, 0.29) is 27.6 Å². The van der Waals surface area contributed by atoms with Crippen molar-refractivity contribution in [2.24, 2.45) is 0 Å². The van der Waals surface area contributed by atoms with E-state index in [0.717, 1.165) is 29.7 Å². The Bertz CT molecular complexity index is 1890. The third-order valence-corrected chi connectivity index (χ3v) is 6.24. The highest BCUT2D eigenvalue weighted by atomic mass is 19.1. The predicted molar refractivity (Wildman–Crippen MR) is 131 cm³/mol. The molecule has 0 saturated heterocycles. The molecule has 0 radical (unpaired) electrons. The third-order valence-electron chi connectivity index (χ3n) is 6.24. The van der Waals surface area contributed by atoms with Gasteiger partial charge in [-0.05, 0) is 48.5 Å². The van der Waals surface area contributed by atoms with Gasteiger partial charge in [0.2, 0.25) is 0 Å². The summed E-state index contributed by atoms with van der Waals surface area (Å²) >= 11 is 0.